The maximum Gasteiger partial charge on any atom is 0.416 e. The van der Waals surface area contributed by atoms with E-state index in [0.717, 1.165) is 29.2 Å². The molecule has 0 atom stereocenters. The molecule has 0 aliphatic carbocycles. The highest BCUT2D eigenvalue weighted by Gasteiger charge is 2.30. The predicted molar refractivity (Wildman–Crippen MR) is 126 cm³/mol. The van der Waals surface area contributed by atoms with Gasteiger partial charge in [-0.2, -0.15) is 13.2 Å². The van der Waals surface area contributed by atoms with E-state index in [1.54, 1.807) is 11.8 Å². The van der Waals surface area contributed by atoms with Crippen molar-refractivity contribution in [1.82, 2.24) is 14.9 Å². The Bertz CT molecular complexity index is 1050. The monoisotopic (exact) mass is 492 g/mol. The SMILES string of the molecule is CCOC(=O)CCC(=O)N1CCN(c2nc(-c3ccc(C(F)(F)F)cc3)nc(C)c2C(C)C)CC1. The van der Waals surface area contributed by atoms with E-state index in [2.05, 4.69) is 9.88 Å². The molecule has 190 valence electrons. The van der Waals surface area contributed by atoms with Gasteiger partial charge in [-0.05, 0) is 31.9 Å². The molecule has 2 heterocycles. The van der Waals surface area contributed by atoms with Crippen LogP contribution >= 0.6 is 0 Å². The number of ether oxygens (including phenoxy) is 1. The molecule has 1 saturated heterocycles. The van der Waals surface area contributed by atoms with Crippen molar-refractivity contribution in [3.8, 4) is 11.4 Å². The lowest BCUT2D eigenvalue weighted by Crippen LogP contribution is -2.49. The number of hydrogen-bond acceptors (Lipinski definition) is 6. The van der Waals surface area contributed by atoms with Gasteiger partial charge in [0.2, 0.25) is 5.91 Å². The number of carbonyl (C=O) groups is 2. The average Bonchev–Trinajstić information content (AvgIpc) is 2.81. The van der Waals surface area contributed by atoms with Crippen LogP contribution in [0.4, 0.5) is 19.0 Å². The van der Waals surface area contributed by atoms with E-state index < -0.39 is 11.7 Å². The molecule has 1 aromatic heterocycles. The number of aryl methyl sites for hydroxylation is 1. The largest absolute Gasteiger partial charge is 0.466 e. The smallest absolute Gasteiger partial charge is 0.416 e. The molecular formula is C25H31F3N4O3. The normalized spacial score (nSPS) is 14.4. The van der Waals surface area contributed by atoms with E-state index in [1.807, 2.05) is 20.8 Å². The Kier molecular flexibility index (Phi) is 8.34. The van der Waals surface area contributed by atoms with Crippen LogP contribution in [0, 0.1) is 6.92 Å². The van der Waals surface area contributed by atoms with Gasteiger partial charge in [-0.1, -0.05) is 26.0 Å². The molecule has 1 aliphatic rings. The minimum atomic E-state index is -4.41. The number of esters is 1. The van der Waals surface area contributed by atoms with Crippen LogP contribution in [-0.2, 0) is 20.5 Å². The molecule has 0 N–H and O–H groups in total. The fourth-order valence-electron chi connectivity index (χ4n) is 4.19. The molecule has 0 spiro atoms. The lowest BCUT2D eigenvalue weighted by molar-refractivity contribution is -0.145. The zero-order valence-corrected chi connectivity index (χ0v) is 20.5. The second-order valence-corrected chi connectivity index (χ2v) is 8.77. The summed E-state index contributed by atoms with van der Waals surface area (Å²) in [5.41, 5.74) is 1.53. The van der Waals surface area contributed by atoms with Gasteiger partial charge in [0.05, 0.1) is 18.6 Å². The van der Waals surface area contributed by atoms with Crippen molar-refractivity contribution in [1.29, 1.82) is 0 Å². The minimum absolute atomic E-state index is 0.0615. The molecule has 0 radical (unpaired) electrons. The van der Waals surface area contributed by atoms with E-state index in [-0.39, 0.29) is 37.2 Å². The Balaban J connectivity index is 1.78. The highest BCUT2D eigenvalue weighted by atomic mass is 19.4. The number of carbonyl (C=O) groups excluding carboxylic acids is 2. The van der Waals surface area contributed by atoms with E-state index >= 15 is 0 Å². The van der Waals surface area contributed by atoms with Gasteiger partial charge in [0, 0.05) is 49.4 Å². The summed E-state index contributed by atoms with van der Waals surface area (Å²) in [7, 11) is 0. The summed E-state index contributed by atoms with van der Waals surface area (Å²) in [6.45, 7) is 10.0. The second-order valence-electron chi connectivity index (χ2n) is 8.77. The van der Waals surface area contributed by atoms with Gasteiger partial charge in [0.25, 0.3) is 0 Å². The van der Waals surface area contributed by atoms with Crippen LogP contribution in [-0.4, -0.2) is 59.5 Å². The molecule has 2 aromatic rings. The number of aromatic nitrogens is 2. The number of benzene rings is 1. The average molecular weight is 493 g/mol. The maximum atomic E-state index is 13.0. The number of rotatable bonds is 7. The number of alkyl halides is 3. The van der Waals surface area contributed by atoms with Crippen LogP contribution in [0.25, 0.3) is 11.4 Å². The van der Waals surface area contributed by atoms with Crippen LogP contribution < -0.4 is 4.90 Å². The van der Waals surface area contributed by atoms with Crippen LogP contribution in [0.1, 0.15) is 56.4 Å². The molecule has 0 bridgehead atoms. The van der Waals surface area contributed by atoms with Crippen molar-refractivity contribution in [2.45, 2.75) is 52.6 Å². The molecule has 35 heavy (non-hydrogen) atoms. The fourth-order valence-corrected chi connectivity index (χ4v) is 4.19. The summed E-state index contributed by atoms with van der Waals surface area (Å²) >= 11 is 0. The first-order valence-electron chi connectivity index (χ1n) is 11.8. The third kappa shape index (κ3) is 6.49. The lowest BCUT2D eigenvalue weighted by atomic mass is 10.0. The Hall–Kier alpha value is -3.17. The number of hydrogen-bond donors (Lipinski definition) is 0. The molecular weight excluding hydrogens is 461 g/mol. The summed E-state index contributed by atoms with van der Waals surface area (Å²) in [5.74, 6) is 0.764. The van der Waals surface area contributed by atoms with Gasteiger partial charge < -0.3 is 14.5 Å². The minimum Gasteiger partial charge on any atom is -0.466 e. The first-order valence-corrected chi connectivity index (χ1v) is 11.8. The highest BCUT2D eigenvalue weighted by molar-refractivity contribution is 5.81. The Labute approximate surface area is 203 Å². The van der Waals surface area contributed by atoms with Crippen LogP contribution in [0.15, 0.2) is 24.3 Å². The molecule has 1 aromatic carbocycles. The lowest BCUT2D eigenvalue weighted by Gasteiger charge is -2.37. The fraction of sp³-hybridized carbons (Fsp3) is 0.520. The molecule has 1 amide bonds. The molecule has 1 fully saturated rings. The summed E-state index contributed by atoms with van der Waals surface area (Å²) in [5, 5.41) is 0. The van der Waals surface area contributed by atoms with Crippen molar-refractivity contribution in [3.05, 3.63) is 41.1 Å². The topological polar surface area (TPSA) is 75.6 Å². The highest BCUT2D eigenvalue weighted by Crippen LogP contribution is 2.33. The van der Waals surface area contributed by atoms with Gasteiger partial charge in [-0.25, -0.2) is 9.97 Å². The first kappa shape index (κ1) is 26.4. The Morgan fingerprint density at radius 1 is 1.03 bits per heavy atom. The van der Waals surface area contributed by atoms with Gasteiger partial charge in [-0.3, -0.25) is 9.59 Å². The number of piperazine rings is 1. The van der Waals surface area contributed by atoms with E-state index in [1.165, 1.54) is 12.1 Å². The number of nitrogens with zero attached hydrogens (tertiary/aromatic N) is 4. The van der Waals surface area contributed by atoms with Gasteiger partial charge in [0.15, 0.2) is 5.82 Å². The molecule has 0 saturated carbocycles. The van der Waals surface area contributed by atoms with Crippen LogP contribution in [0.2, 0.25) is 0 Å². The van der Waals surface area contributed by atoms with Crippen molar-refractivity contribution in [2.75, 3.05) is 37.7 Å². The first-order chi connectivity index (χ1) is 16.5. The third-order valence-corrected chi connectivity index (χ3v) is 5.94. The van der Waals surface area contributed by atoms with Crippen LogP contribution in [0.5, 0.6) is 0 Å². The van der Waals surface area contributed by atoms with Crippen LogP contribution in [0.3, 0.4) is 0 Å². The Morgan fingerprint density at radius 3 is 2.20 bits per heavy atom. The van der Waals surface area contributed by atoms with E-state index in [0.29, 0.717) is 37.6 Å². The quantitative estimate of drug-likeness (QED) is 0.527. The van der Waals surface area contributed by atoms with Gasteiger partial charge in [-0.15, -0.1) is 0 Å². The van der Waals surface area contributed by atoms with Gasteiger partial charge >= 0.3 is 12.1 Å². The number of halogens is 3. The molecule has 0 unspecified atom stereocenters. The maximum absolute atomic E-state index is 13.0. The molecule has 3 rings (SSSR count). The van der Waals surface area contributed by atoms with E-state index in [4.69, 9.17) is 9.72 Å². The standard InChI is InChI=1S/C25H31F3N4O3/c1-5-35-21(34)11-10-20(33)31-12-14-32(15-13-31)24-22(16(2)3)17(4)29-23(30-24)18-6-8-19(9-7-18)25(26,27)28/h6-9,16H,5,10-15H2,1-4H3. The van der Waals surface area contributed by atoms with Crippen molar-refractivity contribution >= 4 is 17.7 Å². The second kappa shape index (κ2) is 11.0. The summed E-state index contributed by atoms with van der Waals surface area (Å²) in [6, 6.07) is 4.84. The number of amides is 1. The molecule has 7 nitrogen and oxygen atoms in total. The third-order valence-electron chi connectivity index (χ3n) is 5.94. The zero-order chi connectivity index (χ0) is 25.8. The van der Waals surface area contributed by atoms with Gasteiger partial charge in [0.1, 0.15) is 5.82 Å². The van der Waals surface area contributed by atoms with E-state index in [9.17, 15) is 22.8 Å². The molecule has 1 aliphatic heterocycles. The number of anilines is 1. The van der Waals surface area contributed by atoms with Crippen molar-refractivity contribution < 1.29 is 27.5 Å². The predicted octanol–water partition coefficient (Wildman–Crippen LogP) is 4.59. The summed E-state index contributed by atoms with van der Waals surface area (Å²) in [6.07, 6.45) is -4.23. The zero-order valence-electron chi connectivity index (χ0n) is 20.5. The van der Waals surface area contributed by atoms with Crippen molar-refractivity contribution in [3.63, 3.8) is 0 Å². The summed E-state index contributed by atoms with van der Waals surface area (Å²) < 4.78 is 43.8. The molecule has 10 heteroatoms. The Morgan fingerprint density at radius 2 is 1.66 bits per heavy atom. The van der Waals surface area contributed by atoms with Crippen molar-refractivity contribution in [2.24, 2.45) is 0 Å². The summed E-state index contributed by atoms with van der Waals surface area (Å²) in [4.78, 5) is 37.2.